The normalized spacial score (nSPS) is 16.7. The molecular weight excluding hydrogens is 218 g/mol. The van der Waals surface area contributed by atoms with Gasteiger partial charge in [-0.25, -0.2) is 0 Å². The van der Waals surface area contributed by atoms with Gasteiger partial charge in [-0.1, -0.05) is 11.1 Å². The molecule has 0 amide bonds. The van der Waals surface area contributed by atoms with E-state index in [4.69, 9.17) is 15.7 Å². The molecule has 0 saturated heterocycles. The molecule has 0 bridgehead atoms. The fourth-order valence-electron chi connectivity index (χ4n) is 1.70. The number of rotatable bonds is 7. The van der Waals surface area contributed by atoms with E-state index in [-0.39, 0.29) is 6.10 Å². The molecule has 1 aromatic rings. The molecule has 1 aliphatic rings. The van der Waals surface area contributed by atoms with Crippen LogP contribution in [0.5, 0.6) is 0 Å². The highest BCUT2D eigenvalue weighted by Crippen LogP contribution is 2.42. The van der Waals surface area contributed by atoms with Crippen molar-refractivity contribution in [3.8, 4) is 12.3 Å². The fourth-order valence-corrected chi connectivity index (χ4v) is 1.70. The van der Waals surface area contributed by atoms with Gasteiger partial charge in [0.15, 0.2) is 0 Å². The van der Waals surface area contributed by atoms with Crippen molar-refractivity contribution >= 4 is 0 Å². The van der Waals surface area contributed by atoms with Crippen molar-refractivity contribution in [2.45, 2.75) is 32.4 Å². The second-order valence-corrected chi connectivity index (χ2v) is 4.07. The molecule has 1 aliphatic carbocycles. The first-order valence-electron chi connectivity index (χ1n) is 5.93. The molecule has 5 nitrogen and oxygen atoms in total. The Kier molecular flexibility index (Phi) is 4.13. The second kappa shape index (κ2) is 5.80. The van der Waals surface area contributed by atoms with Crippen LogP contribution in [-0.4, -0.2) is 23.3 Å². The van der Waals surface area contributed by atoms with Crippen molar-refractivity contribution in [2.24, 2.45) is 5.92 Å². The maximum Gasteiger partial charge on any atom is 0.240 e. The highest BCUT2D eigenvalue weighted by atomic mass is 16.5. The molecule has 1 N–H and O–H groups in total. The van der Waals surface area contributed by atoms with E-state index in [1.165, 1.54) is 12.8 Å². The van der Waals surface area contributed by atoms with Gasteiger partial charge in [-0.05, 0) is 25.7 Å². The molecule has 92 valence electrons. The van der Waals surface area contributed by atoms with Gasteiger partial charge in [0.25, 0.3) is 0 Å². The van der Waals surface area contributed by atoms with Crippen LogP contribution < -0.4 is 5.32 Å². The first-order chi connectivity index (χ1) is 8.35. The monoisotopic (exact) mass is 235 g/mol. The minimum atomic E-state index is -0.00914. The summed E-state index contributed by atoms with van der Waals surface area (Å²) in [7, 11) is 0. The zero-order valence-corrected chi connectivity index (χ0v) is 9.98. The number of terminal acetylenes is 1. The van der Waals surface area contributed by atoms with E-state index in [9.17, 15) is 0 Å². The van der Waals surface area contributed by atoms with Crippen LogP contribution in [0.15, 0.2) is 4.52 Å². The minimum Gasteiger partial charge on any atom is -0.370 e. The first kappa shape index (κ1) is 12.1. The summed E-state index contributed by atoms with van der Waals surface area (Å²) in [6.07, 6.45) is 7.49. The average molecular weight is 235 g/mol. The van der Waals surface area contributed by atoms with Crippen LogP contribution in [0.2, 0.25) is 0 Å². The summed E-state index contributed by atoms with van der Waals surface area (Å²) >= 11 is 0. The van der Waals surface area contributed by atoms with Gasteiger partial charge < -0.3 is 9.26 Å². The quantitative estimate of drug-likeness (QED) is 0.570. The Morgan fingerprint density at radius 2 is 2.47 bits per heavy atom. The number of nitrogens with one attached hydrogen (secondary N) is 1. The molecule has 0 aromatic carbocycles. The topological polar surface area (TPSA) is 60.2 Å². The molecule has 1 aromatic heterocycles. The number of nitrogens with zero attached hydrogens (tertiary/aromatic N) is 2. The van der Waals surface area contributed by atoms with E-state index in [1.54, 1.807) is 0 Å². The molecule has 17 heavy (non-hydrogen) atoms. The summed E-state index contributed by atoms with van der Waals surface area (Å²) in [5, 5.41) is 6.98. The molecular formula is C12H17N3O2. The zero-order chi connectivity index (χ0) is 12.1. The summed E-state index contributed by atoms with van der Waals surface area (Å²) in [5.74, 6) is 4.26. The number of aromatic nitrogens is 2. The number of hydrogen-bond acceptors (Lipinski definition) is 5. The lowest BCUT2D eigenvalue weighted by molar-refractivity contribution is 0.0384. The Hall–Kier alpha value is -1.38. The molecule has 1 unspecified atom stereocenters. The van der Waals surface area contributed by atoms with E-state index in [0.717, 1.165) is 0 Å². The molecule has 1 atom stereocenters. The van der Waals surface area contributed by atoms with Crippen molar-refractivity contribution in [1.82, 2.24) is 15.5 Å². The van der Waals surface area contributed by atoms with Crippen LogP contribution in [0, 0.1) is 18.3 Å². The summed E-state index contributed by atoms with van der Waals surface area (Å²) in [4.78, 5) is 4.33. The van der Waals surface area contributed by atoms with Gasteiger partial charge in [0.1, 0.15) is 6.10 Å². The summed E-state index contributed by atoms with van der Waals surface area (Å²) in [6.45, 7) is 3.64. The minimum absolute atomic E-state index is 0.00914. The Morgan fingerprint density at radius 3 is 3.12 bits per heavy atom. The summed E-state index contributed by atoms with van der Waals surface area (Å²) < 4.78 is 10.8. The van der Waals surface area contributed by atoms with Crippen molar-refractivity contribution < 1.29 is 9.26 Å². The van der Waals surface area contributed by atoms with Crippen LogP contribution in [0.4, 0.5) is 0 Å². The van der Waals surface area contributed by atoms with Crippen molar-refractivity contribution in [3.63, 3.8) is 0 Å². The molecule has 1 saturated carbocycles. The predicted octanol–water partition coefficient (Wildman–Crippen LogP) is 1.28. The van der Waals surface area contributed by atoms with Crippen LogP contribution in [0.25, 0.3) is 0 Å². The molecule has 1 heterocycles. The maximum atomic E-state index is 5.65. The molecule has 2 rings (SSSR count). The van der Waals surface area contributed by atoms with Crippen LogP contribution in [-0.2, 0) is 11.3 Å². The standard InChI is InChI=1S/C12H17N3O2/c1-3-7-13-8-10-14-12(15-17-10)11(16-4-2)9-5-6-9/h1,9,11,13H,4-8H2,2H3. The van der Waals surface area contributed by atoms with E-state index < -0.39 is 0 Å². The number of hydrogen-bond donors (Lipinski definition) is 1. The van der Waals surface area contributed by atoms with E-state index in [0.29, 0.717) is 37.3 Å². The van der Waals surface area contributed by atoms with Gasteiger partial charge in [0.05, 0.1) is 13.1 Å². The largest absolute Gasteiger partial charge is 0.370 e. The Morgan fingerprint density at radius 1 is 1.65 bits per heavy atom. The third kappa shape index (κ3) is 3.29. The van der Waals surface area contributed by atoms with E-state index >= 15 is 0 Å². The highest BCUT2D eigenvalue weighted by Gasteiger charge is 2.36. The van der Waals surface area contributed by atoms with Crippen molar-refractivity contribution in [2.75, 3.05) is 13.2 Å². The van der Waals surface area contributed by atoms with Gasteiger partial charge in [-0.2, -0.15) is 4.98 Å². The van der Waals surface area contributed by atoms with Crippen LogP contribution in [0.3, 0.4) is 0 Å². The molecule has 5 heteroatoms. The lowest BCUT2D eigenvalue weighted by Crippen LogP contribution is -2.13. The van der Waals surface area contributed by atoms with Crippen molar-refractivity contribution in [1.29, 1.82) is 0 Å². The average Bonchev–Trinajstić information content (AvgIpc) is 3.06. The van der Waals surface area contributed by atoms with E-state index in [1.807, 2.05) is 6.92 Å². The predicted molar refractivity (Wildman–Crippen MR) is 61.9 cm³/mol. The van der Waals surface area contributed by atoms with Gasteiger partial charge in [0, 0.05) is 6.61 Å². The lowest BCUT2D eigenvalue weighted by atomic mass is 10.2. The van der Waals surface area contributed by atoms with Crippen molar-refractivity contribution in [3.05, 3.63) is 11.7 Å². The first-order valence-corrected chi connectivity index (χ1v) is 5.93. The second-order valence-electron chi connectivity index (χ2n) is 4.07. The molecule has 1 fully saturated rings. The van der Waals surface area contributed by atoms with Gasteiger partial charge in [-0.3, -0.25) is 5.32 Å². The van der Waals surface area contributed by atoms with Gasteiger partial charge in [-0.15, -0.1) is 6.42 Å². The summed E-state index contributed by atoms with van der Waals surface area (Å²) in [5.41, 5.74) is 0. The molecule has 0 radical (unpaired) electrons. The highest BCUT2D eigenvalue weighted by molar-refractivity contribution is 4.98. The maximum absolute atomic E-state index is 5.65. The fraction of sp³-hybridized carbons (Fsp3) is 0.667. The van der Waals surface area contributed by atoms with Gasteiger partial charge in [0.2, 0.25) is 11.7 Å². The smallest absolute Gasteiger partial charge is 0.240 e. The SMILES string of the molecule is C#CCNCc1nc(C(OCC)C2CC2)no1. The van der Waals surface area contributed by atoms with Crippen LogP contribution in [0.1, 0.15) is 37.6 Å². The molecule has 0 aliphatic heterocycles. The van der Waals surface area contributed by atoms with Crippen LogP contribution >= 0.6 is 0 Å². The number of ether oxygens (including phenoxy) is 1. The zero-order valence-electron chi connectivity index (χ0n) is 9.98. The molecule has 0 spiro atoms. The Labute approximate surface area is 101 Å². The summed E-state index contributed by atoms with van der Waals surface area (Å²) in [6, 6.07) is 0. The third-order valence-electron chi connectivity index (χ3n) is 2.64. The lowest BCUT2D eigenvalue weighted by Gasteiger charge is -2.10. The third-order valence-corrected chi connectivity index (χ3v) is 2.64. The Balaban J connectivity index is 1.93. The van der Waals surface area contributed by atoms with E-state index in [2.05, 4.69) is 21.4 Å². The Bertz CT molecular complexity index is 393. The van der Waals surface area contributed by atoms with Gasteiger partial charge >= 0.3 is 0 Å².